The highest BCUT2D eigenvalue weighted by Crippen LogP contribution is 2.12. The summed E-state index contributed by atoms with van der Waals surface area (Å²) in [6.07, 6.45) is -3.65. The Hall–Kier alpha value is -1.27. The molecular formula is C4H5F2NO4. The molecule has 0 unspecified atom stereocenters. The first kappa shape index (κ1) is 9.73. The summed E-state index contributed by atoms with van der Waals surface area (Å²) >= 11 is 0. The van der Waals surface area contributed by atoms with E-state index < -0.39 is 23.5 Å². The van der Waals surface area contributed by atoms with Gasteiger partial charge < -0.3 is 4.74 Å². The maximum Gasteiger partial charge on any atom is 0.397 e. The third-order valence-corrected chi connectivity index (χ3v) is 0.551. The third kappa shape index (κ3) is 6.62. The number of esters is 1. The second-order valence-electron chi connectivity index (χ2n) is 1.77. The van der Waals surface area contributed by atoms with Crippen molar-refractivity contribution < 1.29 is 23.2 Å². The summed E-state index contributed by atoms with van der Waals surface area (Å²) < 4.78 is 26.8. The van der Waals surface area contributed by atoms with Gasteiger partial charge in [0.05, 0.1) is 0 Å². The number of ether oxygens (including phenoxy) is 1. The van der Waals surface area contributed by atoms with Crippen LogP contribution in [0.5, 0.6) is 0 Å². The standard InChI is InChI=1S/C4H5F2NO4/c1-4(5,6)11-3(8)2-7(9)10/h2H2,1H3. The van der Waals surface area contributed by atoms with E-state index in [9.17, 15) is 23.7 Å². The van der Waals surface area contributed by atoms with Gasteiger partial charge in [0.15, 0.2) is 0 Å². The van der Waals surface area contributed by atoms with E-state index >= 15 is 0 Å². The molecule has 0 bridgehead atoms. The molecule has 0 saturated carbocycles. The summed E-state index contributed by atoms with van der Waals surface area (Å²) in [5, 5.41) is 9.56. The zero-order chi connectivity index (χ0) is 9.07. The van der Waals surface area contributed by atoms with Crippen LogP contribution >= 0.6 is 0 Å². The van der Waals surface area contributed by atoms with Crippen LogP contribution in [0, 0.1) is 10.1 Å². The van der Waals surface area contributed by atoms with Crippen molar-refractivity contribution in [2.24, 2.45) is 0 Å². The van der Waals surface area contributed by atoms with Crippen LogP contribution in [0.4, 0.5) is 8.78 Å². The minimum absolute atomic E-state index is 0.324. The fraction of sp³-hybridized carbons (Fsp3) is 0.750. The molecule has 0 aromatic carbocycles. The second-order valence-corrected chi connectivity index (χ2v) is 1.77. The van der Waals surface area contributed by atoms with Crippen LogP contribution in [-0.4, -0.2) is 23.5 Å². The Morgan fingerprint density at radius 3 is 2.45 bits per heavy atom. The molecule has 0 aromatic heterocycles. The third-order valence-electron chi connectivity index (χ3n) is 0.551. The van der Waals surface area contributed by atoms with Crippen LogP contribution in [0.25, 0.3) is 0 Å². The molecule has 0 fully saturated rings. The molecule has 0 spiro atoms. The topological polar surface area (TPSA) is 69.4 Å². The smallest absolute Gasteiger partial charge is 0.396 e. The van der Waals surface area contributed by atoms with Crippen molar-refractivity contribution in [2.45, 2.75) is 13.0 Å². The Bertz CT molecular complexity index is 175. The first-order chi connectivity index (χ1) is 4.81. The lowest BCUT2D eigenvalue weighted by atomic mass is 10.6. The lowest BCUT2D eigenvalue weighted by Gasteiger charge is -2.08. The summed E-state index contributed by atoms with van der Waals surface area (Å²) in [5.41, 5.74) is 0. The number of nitrogens with zero attached hydrogens (tertiary/aromatic N) is 1. The second kappa shape index (κ2) is 3.22. The fourth-order valence-corrected chi connectivity index (χ4v) is 0.338. The number of hydrogen-bond donors (Lipinski definition) is 0. The fourth-order valence-electron chi connectivity index (χ4n) is 0.338. The van der Waals surface area contributed by atoms with Gasteiger partial charge in [-0.05, 0) is 0 Å². The predicted molar refractivity (Wildman–Crippen MR) is 28.6 cm³/mol. The summed E-state index contributed by atoms with van der Waals surface area (Å²) in [7, 11) is 0. The molecule has 0 atom stereocenters. The Morgan fingerprint density at radius 1 is 1.73 bits per heavy atom. The monoisotopic (exact) mass is 169 g/mol. The van der Waals surface area contributed by atoms with Crippen molar-refractivity contribution in [2.75, 3.05) is 6.54 Å². The lowest BCUT2D eigenvalue weighted by Crippen LogP contribution is -2.25. The van der Waals surface area contributed by atoms with Gasteiger partial charge in [-0.1, -0.05) is 0 Å². The minimum Gasteiger partial charge on any atom is -0.396 e. The summed E-state index contributed by atoms with van der Waals surface area (Å²) in [6, 6.07) is 0. The molecule has 0 aliphatic rings. The molecule has 11 heavy (non-hydrogen) atoms. The number of carbonyl (C=O) groups is 1. The zero-order valence-corrected chi connectivity index (χ0v) is 5.54. The minimum atomic E-state index is -3.65. The maximum atomic E-state index is 11.8. The molecule has 64 valence electrons. The van der Waals surface area contributed by atoms with Gasteiger partial charge in [-0.2, -0.15) is 8.78 Å². The molecular weight excluding hydrogens is 164 g/mol. The summed E-state index contributed by atoms with van der Waals surface area (Å²) in [4.78, 5) is 18.6. The van der Waals surface area contributed by atoms with Crippen molar-refractivity contribution in [1.29, 1.82) is 0 Å². The van der Waals surface area contributed by atoms with E-state index in [0.29, 0.717) is 6.92 Å². The van der Waals surface area contributed by atoms with Crippen LogP contribution < -0.4 is 0 Å². The first-order valence-electron chi connectivity index (χ1n) is 2.53. The van der Waals surface area contributed by atoms with Crippen LogP contribution in [0.1, 0.15) is 6.92 Å². The van der Waals surface area contributed by atoms with Crippen molar-refractivity contribution in [3.05, 3.63) is 10.1 Å². The van der Waals surface area contributed by atoms with Crippen molar-refractivity contribution in [1.82, 2.24) is 0 Å². The number of carbonyl (C=O) groups excluding carboxylic acids is 1. The number of rotatable bonds is 3. The van der Waals surface area contributed by atoms with E-state index in [2.05, 4.69) is 4.74 Å². The van der Waals surface area contributed by atoms with Crippen LogP contribution in [0.2, 0.25) is 0 Å². The molecule has 0 heterocycles. The van der Waals surface area contributed by atoms with Gasteiger partial charge in [-0.25, -0.2) is 4.79 Å². The largest absolute Gasteiger partial charge is 0.397 e. The Labute approximate surface area is 60.1 Å². The lowest BCUT2D eigenvalue weighted by molar-refractivity contribution is -0.472. The average Bonchev–Trinajstić information content (AvgIpc) is 1.53. The average molecular weight is 169 g/mol. The van der Waals surface area contributed by atoms with E-state index in [4.69, 9.17) is 0 Å². The van der Waals surface area contributed by atoms with Crippen molar-refractivity contribution >= 4 is 5.97 Å². The molecule has 0 aromatic rings. The van der Waals surface area contributed by atoms with E-state index in [-0.39, 0.29) is 0 Å². The first-order valence-corrected chi connectivity index (χ1v) is 2.53. The Kier molecular flexibility index (Phi) is 2.85. The number of halogens is 2. The van der Waals surface area contributed by atoms with E-state index in [0.717, 1.165) is 0 Å². The van der Waals surface area contributed by atoms with Crippen molar-refractivity contribution in [3.8, 4) is 0 Å². The van der Waals surface area contributed by atoms with Crippen LogP contribution in [0.3, 0.4) is 0 Å². The molecule has 0 saturated heterocycles. The molecule has 0 rings (SSSR count). The van der Waals surface area contributed by atoms with E-state index in [1.54, 1.807) is 0 Å². The van der Waals surface area contributed by atoms with Gasteiger partial charge in [-0.15, -0.1) is 0 Å². The van der Waals surface area contributed by atoms with Crippen LogP contribution in [-0.2, 0) is 9.53 Å². The Balaban J connectivity index is 3.80. The van der Waals surface area contributed by atoms with Gasteiger partial charge in [0.2, 0.25) is 0 Å². The number of nitro groups is 1. The highest BCUT2D eigenvalue weighted by molar-refractivity contribution is 5.70. The molecule has 5 nitrogen and oxygen atoms in total. The molecule has 0 radical (unpaired) electrons. The van der Waals surface area contributed by atoms with Crippen LogP contribution in [0.15, 0.2) is 0 Å². The highest BCUT2D eigenvalue weighted by atomic mass is 19.3. The van der Waals surface area contributed by atoms with Gasteiger partial charge in [0.1, 0.15) is 0 Å². The van der Waals surface area contributed by atoms with Gasteiger partial charge >= 0.3 is 12.1 Å². The quantitative estimate of drug-likeness (QED) is 0.348. The van der Waals surface area contributed by atoms with Gasteiger partial charge in [0.25, 0.3) is 6.54 Å². The maximum absolute atomic E-state index is 11.8. The summed E-state index contributed by atoms with van der Waals surface area (Å²) in [5.74, 6) is -1.55. The number of alkyl halides is 2. The zero-order valence-electron chi connectivity index (χ0n) is 5.54. The Morgan fingerprint density at radius 2 is 2.18 bits per heavy atom. The van der Waals surface area contributed by atoms with Gasteiger partial charge in [-0.3, -0.25) is 10.1 Å². The molecule has 0 aliphatic heterocycles. The highest BCUT2D eigenvalue weighted by Gasteiger charge is 2.28. The van der Waals surface area contributed by atoms with E-state index in [1.165, 1.54) is 0 Å². The molecule has 0 aliphatic carbocycles. The van der Waals surface area contributed by atoms with Crippen molar-refractivity contribution in [3.63, 3.8) is 0 Å². The summed E-state index contributed by atoms with van der Waals surface area (Å²) in [6.45, 7) is -0.922. The number of hydrogen-bond acceptors (Lipinski definition) is 4. The predicted octanol–water partition coefficient (Wildman–Crippen LogP) is 0.419. The van der Waals surface area contributed by atoms with E-state index in [1.807, 2.05) is 0 Å². The molecule has 0 N–H and O–H groups in total. The molecule has 0 amide bonds. The normalized spacial score (nSPS) is 10.8. The van der Waals surface area contributed by atoms with Gasteiger partial charge in [0, 0.05) is 11.8 Å². The SMILES string of the molecule is CC(F)(F)OC(=O)C[N+](=O)[O-]. The molecule has 7 heteroatoms.